The minimum Gasteiger partial charge on any atom is -0.508 e. The summed E-state index contributed by atoms with van der Waals surface area (Å²) in [7, 11) is 0. The van der Waals surface area contributed by atoms with Gasteiger partial charge in [0.1, 0.15) is 11.6 Å². The topological polar surface area (TPSA) is 32.3 Å². The summed E-state index contributed by atoms with van der Waals surface area (Å²) < 4.78 is 13.3. The average Bonchev–Trinajstić information content (AvgIpc) is 2.41. The highest BCUT2D eigenvalue weighted by Gasteiger charge is 2.15. The Hall–Kier alpha value is -1.87. The van der Waals surface area contributed by atoms with E-state index in [4.69, 9.17) is 0 Å². The van der Waals surface area contributed by atoms with E-state index in [9.17, 15) is 9.50 Å². The van der Waals surface area contributed by atoms with Crippen LogP contribution in [0.3, 0.4) is 0 Å². The third kappa shape index (κ3) is 3.36. The Balaban J connectivity index is 2.15. The molecule has 2 aromatic rings. The molecule has 2 rings (SSSR count). The van der Waals surface area contributed by atoms with Crippen LogP contribution in [-0.4, -0.2) is 5.11 Å². The zero-order valence-electron chi connectivity index (χ0n) is 12.0. The van der Waals surface area contributed by atoms with Crippen LogP contribution in [0.2, 0.25) is 0 Å². The highest BCUT2D eigenvalue weighted by Crippen LogP contribution is 2.27. The quantitative estimate of drug-likeness (QED) is 0.872. The van der Waals surface area contributed by atoms with Crippen LogP contribution < -0.4 is 5.32 Å². The fourth-order valence-electron chi connectivity index (χ4n) is 2.37. The molecule has 0 bridgehead atoms. The first-order valence-electron chi connectivity index (χ1n) is 6.78. The number of phenolic OH excluding ortho intramolecular Hbond substituents is 1. The van der Waals surface area contributed by atoms with E-state index in [-0.39, 0.29) is 23.7 Å². The lowest BCUT2D eigenvalue weighted by Crippen LogP contribution is -2.22. The molecule has 0 aliphatic heterocycles. The van der Waals surface area contributed by atoms with Crippen molar-refractivity contribution in [2.45, 2.75) is 32.9 Å². The van der Waals surface area contributed by atoms with Gasteiger partial charge in [-0.1, -0.05) is 29.8 Å². The van der Waals surface area contributed by atoms with Crippen LogP contribution in [0.25, 0.3) is 0 Å². The predicted octanol–water partition coefficient (Wildman–Crippen LogP) is 4.25. The Morgan fingerprint density at radius 3 is 2.50 bits per heavy atom. The molecule has 0 fully saturated rings. The van der Waals surface area contributed by atoms with E-state index < -0.39 is 0 Å². The average molecular weight is 273 g/mol. The highest BCUT2D eigenvalue weighted by atomic mass is 19.1. The number of halogens is 1. The minimum atomic E-state index is -0.338. The standard InChI is InChI=1S/C17H20FNO/c1-11-5-4-6-14(9-11)12(2)19-13(3)16-10-15(18)7-8-17(16)20/h4-10,12-13,19-20H,1-3H3/t12-,13?/m0/s1. The Morgan fingerprint density at radius 2 is 1.80 bits per heavy atom. The van der Waals surface area contributed by atoms with E-state index in [1.54, 1.807) is 0 Å². The largest absolute Gasteiger partial charge is 0.508 e. The molecule has 0 saturated carbocycles. The number of benzene rings is 2. The van der Waals surface area contributed by atoms with E-state index in [1.807, 2.05) is 13.0 Å². The van der Waals surface area contributed by atoms with Crippen molar-refractivity contribution >= 4 is 0 Å². The Bertz CT molecular complexity index is 597. The molecule has 106 valence electrons. The van der Waals surface area contributed by atoms with Crippen molar-refractivity contribution in [2.75, 3.05) is 0 Å². The first-order chi connectivity index (χ1) is 9.47. The van der Waals surface area contributed by atoms with Gasteiger partial charge in [0.25, 0.3) is 0 Å². The van der Waals surface area contributed by atoms with Gasteiger partial charge < -0.3 is 10.4 Å². The molecule has 2 atom stereocenters. The summed E-state index contributed by atoms with van der Waals surface area (Å²) in [6.07, 6.45) is 0. The lowest BCUT2D eigenvalue weighted by Gasteiger charge is -2.21. The van der Waals surface area contributed by atoms with Crippen LogP contribution in [0.1, 0.15) is 42.6 Å². The molecule has 2 N–H and O–H groups in total. The molecule has 0 aromatic heterocycles. The van der Waals surface area contributed by atoms with Crippen LogP contribution in [0.5, 0.6) is 5.75 Å². The number of hydrogen-bond acceptors (Lipinski definition) is 2. The lowest BCUT2D eigenvalue weighted by molar-refractivity contribution is 0.435. The molecule has 1 unspecified atom stereocenters. The van der Waals surface area contributed by atoms with Crippen LogP contribution in [0.15, 0.2) is 42.5 Å². The molecule has 0 heterocycles. The monoisotopic (exact) mass is 273 g/mol. The maximum Gasteiger partial charge on any atom is 0.123 e. The van der Waals surface area contributed by atoms with Crippen molar-refractivity contribution in [1.29, 1.82) is 0 Å². The molecule has 0 amide bonds. The van der Waals surface area contributed by atoms with Gasteiger partial charge in [0.15, 0.2) is 0 Å². The van der Waals surface area contributed by atoms with Gasteiger partial charge in [-0.2, -0.15) is 0 Å². The minimum absolute atomic E-state index is 0.114. The third-order valence-corrected chi connectivity index (χ3v) is 3.50. The molecule has 0 saturated heterocycles. The Kier molecular flexibility index (Phi) is 4.40. The fraction of sp³-hybridized carbons (Fsp3) is 0.294. The van der Waals surface area contributed by atoms with Crippen LogP contribution >= 0.6 is 0 Å². The summed E-state index contributed by atoms with van der Waals surface area (Å²) in [5.41, 5.74) is 2.95. The Morgan fingerprint density at radius 1 is 1.05 bits per heavy atom. The van der Waals surface area contributed by atoms with E-state index >= 15 is 0 Å². The van der Waals surface area contributed by atoms with Crippen molar-refractivity contribution in [3.05, 3.63) is 65.0 Å². The molecule has 0 aliphatic rings. The first kappa shape index (κ1) is 14.5. The van der Waals surface area contributed by atoms with Crippen LogP contribution in [-0.2, 0) is 0 Å². The molecule has 3 heteroatoms. The summed E-state index contributed by atoms with van der Waals surface area (Å²) in [4.78, 5) is 0. The normalized spacial score (nSPS) is 14.0. The summed E-state index contributed by atoms with van der Waals surface area (Å²) >= 11 is 0. The van der Waals surface area contributed by atoms with E-state index in [0.29, 0.717) is 5.56 Å². The van der Waals surface area contributed by atoms with Crippen molar-refractivity contribution < 1.29 is 9.50 Å². The van der Waals surface area contributed by atoms with Gasteiger partial charge in [-0.05, 0) is 44.5 Å². The predicted molar refractivity (Wildman–Crippen MR) is 79.2 cm³/mol. The highest BCUT2D eigenvalue weighted by molar-refractivity contribution is 5.35. The maximum absolute atomic E-state index is 13.3. The van der Waals surface area contributed by atoms with Gasteiger partial charge in [0, 0.05) is 17.6 Å². The second-order valence-electron chi connectivity index (χ2n) is 5.23. The van der Waals surface area contributed by atoms with E-state index in [1.165, 1.54) is 29.3 Å². The smallest absolute Gasteiger partial charge is 0.123 e. The zero-order chi connectivity index (χ0) is 14.7. The number of phenols is 1. The molecule has 20 heavy (non-hydrogen) atoms. The summed E-state index contributed by atoms with van der Waals surface area (Å²) in [6, 6.07) is 12.3. The van der Waals surface area contributed by atoms with Gasteiger partial charge in [-0.15, -0.1) is 0 Å². The van der Waals surface area contributed by atoms with E-state index in [0.717, 1.165) is 0 Å². The van der Waals surface area contributed by atoms with Crippen molar-refractivity contribution in [3.8, 4) is 5.75 Å². The molecule has 0 radical (unpaired) electrons. The van der Waals surface area contributed by atoms with Gasteiger partial charge in [0.2, 0.25) is 0 Å². The molecule has 0 spiro atoms. The number of hydrogen-bond donors (Lipinski definition) is 2. The van der Waals surface area contributed by atoms with Crippen molar-refractivity contribution in [2.24, 2.45) is 0 Å². The first-order valence-corrected chi connectivity index (χ1v) is 6.78. The number of nitrogens with one attached hydrogen (secondary N) is 1. The zero-order valence-corrected chi connectivity index (χ0v) is 12.0. The molecule has 2 nitrogen and oxygen atoms in total. The number of rotatable bonds is 4. The summed E-state index contributed by atoms with van der Waals surface area (Å²) in [5, 5.41) is 13.2. The van der Waals surface area contributed by atoms with Gasteiger partial charge in [0.05, 0.1) is 0 Å². The Labute approximate surface area is 119 Å². The summed E-state index contributed by atoms with van der Waals surface area (Å²) in [6.45, 7) is 6.03. The van der Waals surface area contributed by atoms with Crippen molar-refractivity contribution in [3.63, 3.8) is 0 Å². The maximum atomic E-state index is 13.3. The molecular weight excluding hydrogens is 253 g/mol. The van der Waals surface area contributed by atoms with E-state index in [2.05, 4.69) is 37.4 Å². The fourth-order valence-corrected chi connectivity index (χ4v) is 2.37. The van der Waals surface area contributed by atoms with Gasteiger partial charge in [-0.3, -0.25) is 0 Å². The second-order valence-corrected chi connectivity index (χ2v) is 5.23. The molecule has 2 aromatic carbocycles. The van der Waals surface area contributed by atoms with Crippen LogP contribution in [0.4, 0.5) is 4.39 Å². The SMILES string of the molecule is Cc1cccc([C@H](C)NC(C)c2cc(F)ccc2O)c1. The third-order valence-electron chi connectivity index (χ3n) is 3.50. The number of aryl methyl sites for hydroxylation is 1. The van der Waals surface area contributed by atoms with Crippen molar-refractivity contribution in [1.82, 2.24) is 5.32 Å². The van der Waals surface area contributed by atoms with Crippen LogP contribution in [0, 0.1) is 12.7 Å². The molecule has 0 aliphatic carbocycles. The van der Waals surface area contributed by atoms with Gasteiger partial charge >= 0.3 is 0 Å². The second kappa shape index (κ2) is 6.06. The summed E-state index contributed by atoms with van der Waals surface area (Å²) in [5.74, 6) is -0.225. The lowest BCUT2D eigenvalue weighted by atomic mass is 10.0. The number of aromatic hydroxyl groups is 1. The van der Waals surface area contributed by atoms with Gasteiger partial charge in [-0.25, -0.2) is 4.39 Å². The molecular formula is C17H20FNO.